The third kappa shape index (κ3) is 3.04. The molecule has 3 rings (SSSR count). The van der Waals surface area contributed by atoms with Gasteiger partial charge in [-0.3, -0.25) is 0 Å². The highest BCUT2D eigenvalue weighted by molar-refractivity contribution is 9.10. The summed E-state index contributed by atoms with van der Waals surface area (Å²) in [4.78, 5) is 0. The van der Waals surface area contributed by atoms with Gasteiger partial charge in [0.25, 0.3) is 0 Å². The molecule has 1 heterocycles. The minimum atomic E-state index is 0.281. The van der Waals surface area contributed by atoms with Gasteiger partial charge in [0.15, 0.2) is 0 Å². The molecule has 0 unspecified atom stereocenters. The number of ether oxygens (including phenoxy) is 1. The predicted octanol–water partition coefficient (Wildman–Crippen LogP) is 4.10. The SMILES string of the molecule is ClC1=CCCC(c2ccc(Br)cc2OC2CNC2)=C1. The van der Waals surface area contributed by atoms with E-state index in [2.05, 4.69) is 33.4 Å². The van der Waals surface area contributed by atoms with E-state index in [9.17, 15) is 0 Å². The van der Waals surface area contributed by atoms with Crippen LogP contribution >= 0.6 is 27.5 Å². The molecule has 1 aromatic rings. The lowest BCUT2D eigenvalue weighted by atomic mass is 9.96. The molecule has 2 aliphatic rings. The summed E-state index contributed by atoms with van der Waals surface area (Å²) in [6.45, 7) is 1.84. The van der Waals surface area contributed by atoms with Crippen molar-refractivity contribution < 1.29 is 4.74 Å². The number of nitrogens with one attached hydrogen (secondary N) is 1. The van der Waals surface area contributed by atoms with Crippen molar-refractivity contribution in [2.75, 3.05) is 13.1 Å². The maximum Gasteiger partial charge on any atom is 0.128 e. The molecule has 1 saturated heterocycles. The fraction of sp³-hybridized carbons (Fsp3) is 0.333. The number of rotatable bonds is 3. The van der Waals surface area contributed by atoms with Crippen molar-refractivity contribution >= 4 is 33.1 Å². The molecule has 1 N–H and O–H groups in total. The minimum Gasteiger partial charge on any atom is -0.487 e. The average molecular weight is 341 g/mol. The molecular formula is C15H15BrClNO. The fourth-order valence-electron chi connectivity index (χ4n) is 2.26. The molecule has 4 heteroatoms. The Labute approximate surface area is 126 Å². The second-order valence-electron chi connectivity index (χ2n) is 4.84. The molecule has 1 fully saturated rings. The Bertz CT molecular complexity index is 549. The summed E-state index contributed by atoms with van der Waals surface area (Å²) in [5.74, 6) is 0.943. The van der Waals surface area contributed by atoms with Crippen molar-refractivity contribution in [3.8, 4) is 5.75 Å². The van der Waals surface area contributed by atoms with E-state index in [4.69, 9.17) is 16.3 Å². The molecule has 1 aliphatic heterocycles. The van der Waals surface area contributed by atoms with Crippen molar-refractivity contribution in [2.45, 2.75) is 18.9 Å². The molecule has 0 bridgehead atoms. The van der Waals surface area contributed by atoms with E-state index in [1.165, 1.54) is 5.57 Å². The Hall–Kier alpha value is -0.770. The van der Waals surface area contributed by atoms with Crippen molar-refractivity contribution in [1.29, 1.82) is 0 Å². The Morgan fingerprint density at radius 3 is 2.84 bits per heavy atom. The highest BCUT2D eigenvalue weighted by atomic mass is 79.9. The van der Waals surface area contributed by atoms with Crippen LogP contribution in [0.25, 0.3) is 5.57 Å². The highest BCUT2D eigenvalue weighted by Crippen LogP contribution is 2.35. The van der Waals surface area contributed by atoms with Gasteiger partial charge in [-0.2, -0.15) is 0 Å². The third-order valence-corrected chi connectivity index (χ3v) is 4.15. The molecule has 0 aromatic heterocycles. The van der Waals surface area contributed by atoms with E-state index in [0.717, 1.165) is 46.7 Å². The van der Waals surface area contributed by atoms with Gasteiger partial charge < -0.3 is 10.1 Å². The van der Waals surface area contributed by atoms with Crippen molar-refractivity contribution in [1.82, 2.24) is 5.32 Å². The van der Waals surface area contributed by atoms with Gasteiger partial charge in [-0.15, -0.1) is 0 Å². The van der Waals surface area contributed by atoms with Gasteiger partial charge in [0, 0.05) is 28.2 Å². The van der Waals surface area contributed by atoms with Gasteiger partial charge >= 0.3 is 0 Å². The van der Waals surface area contributed by atoms with Gasteiger partial charge in [0.2, 0.25) is 0 Å². The number of hydrogen-bond acceptors (Lipinski definition) is 2. The lowest BCUT2D eigenvalue weighted by Gasteiger charge is -2.29. The smallest absolute Gasteiger partial charge is 0.128 e. The average Bonchev–Trinajstić information content (AvgIpc) is 2.34. The van der Waals surface area contributed by atoms with Gasteiger partial charge in [-0.25, -0.2) is 0 Å². The van der Waals surface area contributed by atoms with E-state index in [1.54, 1.807) is 0 Å². The molecule has 2 nitrogen and oxygen atoms in total. The molecule has 19 heavy (non-hydrogen) atoms. The maximum absolute atomic E-state index is 6.11. The van der Waals surface area contributed by atoms with Gasteiger partial charge in [-0.1, -0.05) is 33.6 Å². The Morgan fingerprint density at radius 1 is 1.32 bits per heavy atom. The van der Waals surface area contributed by atoms with Gasteiger partial charge in [0.05, 0.1) is 0 Å². The molecular weight excluding hydrogens is 326 g/mol. The summed E-state index contributed by atoms with van der Waals surface area (Å²) in [6.07, 6.45) is 6.38. The van der Waals surface area contributed by atoms with Gasteiger partial charge in [0.1, 0.15) is 11.9 Å². The lowest BCUT2D eigenvalue weighted by molar-refractivity contribution is 0.142. The highest BCUT2D eigenvalue weighted by Gasteiger charge is 2.21. The second kappa shape index (κ2) is 5.70. The Kier molecular flexibility index (Phi) is 3.96. The molecule has 0 saturated carbocycles. The van der Waals surface area contributed by atoms with E-state index in [0.29, 0.717) is 0 Å². The number of allylic oxidation sites excluding steroid dienone is 4. The topological polar surface area (TPSA) is 21.3 Å². The van der Waals surface area contributed by atoms with Crippen LogP contribution in [-0.4, -0.2) is 19.2 Å². The van der Waals surface area contributed by atoms with E-state index >= 15 is 0 Å². The fourth-order valence-corrected chi connectivity index (χ4v) is 2.84. The zero-order chi connectivity index (χ0) is 13.2. The summed E-state index contributed by atoms with van der Waals surface area (Å²) in [7, 11) is 0. The lowest BCUT2D eigenvalue weighted by Crippen LogP contribution is -2.50. The summed E-state index contributed by atoms with van der Waals surface area (Å²) in [5.41, 5.74) is 2.41. The molecule has 0 atom stereocenters. The van der Waals surface area contributed by atoms with Gasteiger partial charge in [-0.05, 0) is 42.7 Å². The molecule has 1 aromatic carbocycles. The summed E-state index contributed by atoms with van der Waals surface area (Å²) in [6, 6.07) is 6.20. The van der Waals surface area contributed by atoms with Crippen LogP contribution in [0.2, 0.25) is 0 Å². The van der Waals surface area contributed by atoms with Crippen LogP contribution in [0.1, 0.15) is 18.4 Å². The molecule has 0 spiro atoms. The van der Waals surface area contributed by atoms with Crippen molar-refractivity contribution in [2.24, 2.45) is 0 Å². The normalized spacial score (nSPS) is 19.5. The van der Waals surface area contributed by atoms with E-state index < -0.39 is 0 Å². The van der Waals surface area contributed by atoms with Crippen LogP contribution in [0.15, 0.2) is 39.9 Å². The largest absolute Gasteiger partial charge is 0.487 e. The van der Waals surface area contributed by atoms with Crippen LogP contribution in [-0.2, 0) is 0 Å². The molecule has 100 valence electrons. The number of halogens is 2. The Morgan fingerprint density at radius 2 is 2.16 bits per heavy atom. The van der Waals surface area contributed by atoms with Crippen molar-refractivity contribution in [3.63, 3.8) is 0 Å². The van der Waals surface area contributed by atoms with Crippen LogP contribution in [0, 0.1) is 0 Å². The second-order valence-corrected chi connectivity index (χ2v) is 6.19. The first-order valence-corrected chi connectivity index (χ1v) is 7.63. The monoisotopic (exact) mass is 339 g/mol. The number of benzene rings is 1. The standard InChI is InChI=1S/C15H15BrClNO/c16-11-4-5-14(10-2-1-3-12(17)6-10)15(7-11)19-13-8-18-9-13/h3-7,13,18H,1-2,8-9H2. The zero-order valence-corrected chi connectivity index (χ0v) is 12.8. The number of hydrogen-bond donors (Lipinski definition) is 1. The zero-order valence-electron chi connectivity index (χ0n) is 10.5. The first-order chi connectivity index (χ1) is 9.22. The van der Waals surface area contributed by atoms with Crippen LogP contribution in [0.3, 0.4) is 0 Å². The summed E-state index contributed by atoms with van der Waals surface area (Å²) >= 11 is 9.62. The Balaban J connectivity index is 1.93. The first-order valence-electron chi connectivity index (χ1n) is 6.46. The maximum atomic E-state index is 6.11. The van der Waals surface area contributed by atoms with Crippen LogP contribution in [0.4, 0.5) is 0 Å². The van der Waals surface area contributed by atoms with Crippen LogP contribution in [0.5, 0.6) is 5.75 Å². The van der Waals surface area contributed by atoms with E-state index in [1.807, 2.05) is 18.2 Å². The van der Waals surface area contributed by atoms with E-state index in [-0.39, 0.29) is 6.10 Å². The summed E-state index contributed by atoms with van der Waals surface area (Å²) in [5, 5.41) is 4.04. The third-order valence-electron chi connectivity index (χ3n) is 3.39. The van der Waals surface area contributed by atoms with Crippen LogP contribution < -0.4 is 10.1 Å². The molecule has 1 aliphatic carbocycles. The van der Waals surface area contributed by atoms with Crippen molar-refractivity contribution in [3.05, 3.63) is 45.4 Å². The molecule has 0 amide bonds. The molecule has 0 radical (unpaired) electrons. The predicted molar refractivity (Wildman–Crippen MR) is 82.6 cm³/mol. The minimum absolute atomic E-state index is 0.281. The summed E-state index contributed by atoms with van der Waals surface area (Å²) < 4.78 is 7.09. The quantitative estimate of drug-likeness (QED) is 0.894. The first kappa shape index (κ1) is 13.2.